The molecule has 3 aliphatic heterocycles. The van der Waals surface area contributed by atoms with Crippen molar-refractivity contribution < 1.29 is 23.2 Å². The number of nitrogens with zero attached hydrogens (tertiary/aromatic N) is 3. The number of aryl methyl sites for hydroxylation is 1. The van der Waals surface area contributed by atoms with Crippen LogP contribution in [0.5, 0.6) is 0 Å². The Morgan fingerprint density at radius 3 is 2.46 bits per heavy atom. The summed E-state index contributed by atoms with van der Waals surface area (Å²) in [6.07, 6.45) is 4.97. The zero-order valence-corrected chi connectivity index (χ0v) is 23.7. The van der Waals surface area contributed by atoms with Gasteiger partial charge < -0.3 is 25.3 Å². The third kappa shape index (κ3) is 6.89. The smallest absolute Gasteiger partial charge is 0.264 e. The van der Waals surface area contributed by atoms with E-state index >= 15 is 0 Å². The average molecular weight is 568 g/mol. The van der Waals surface area contributed by atoms with Gasteiger partial charge in [0, 0.05) is 51.1 Å². The summed E-state index contributed by atoms with van der Waals surface area (Å²) in [6.45, 7) is 5.75. The largest absolute Gasteiger partial charge is 0.359 e. The molecule has 0 aromatic heterocycles. The molecule has 0 aliphatic carbocycles. The van der Waals surface area contributed by atoms with Gasteiger partial charge >= 0.3 is 0 Å². The highest BCUT2D eigenvalue weighted by Crippen LogP contribution is 2.42. The lowest BCUT2D eigenvalue weighted by atomic mass is 9.71. The van der Waals surface area contributed by atoms with Crippen molar-refractivity contribution in [2.75, 3.05) is 64.3 Å². The van der Waals surface area contributed by atoms with E-state index in [1.54, 1.807) is 19.1 Å². The second-order valence-electron chi connectivity index (χ2n) is 11.4. The first kappa shape index (κ1) is 29.7. The highest BCUT2D eigenvalue weighted by atomic mass is 35.5. The van der Waals surface area contributed by atoms with Crippen molar-refractivity contribution >= 4 is 35.5 Å². The molecule has 3 heterocycles. The van der Waals surface area contributed by atoms with Crippen LogP contribution in [0.1, 0.15) is 54.4 Å². The van der Waals surface area contributed by atoms with E-state index < -0.39 is 11.8 Å². The minimum absolute atomic E-state index is 0.103. The number of nitrogens with one attached hydrogen (secondary N) is 2. The maximum Gasteiger partial charge on any atom is 0.264 e. The second kappa shape index (κ2) is 12.5. The molecule has 0 radical (unpaired) electrons. The fraction of sp³-hybridized carbons (Fsp3) is 0.679. The van der Waals surface area contributed by atoms with E-state index in [2.05, 4.69) is 15.5 Å². The molecule has 3 saturated heterocycles. The highest BCUT2D eigenvalue weighted by molar-refractivity contribution is 6.34. The number of carbonyl (C=O) groups is 3. The van der Waals surface area contributed by atoms with Crippen LogP contribution in [0.4, 0.5) is 14.5 Å². The van der Waals surface area contributed by atoms with Crippen LogP contribution in [-0.4, -0.2) is 93.4 Å². The molecular weight excluding hydrogens is 528 g/mol. The number of halogens is 3. The summed E-state index contributed by atoms with van der Waals surface area (Å²) in [6, 6.07) is 3.38. The number of piperidine rings is 3. The van der Waals surface area contributed by atoms with E-state index in [4.69, 9.17) is 11.6 Å². The lowest BCUT2D eigenvalue weighted by Crippen LogP contribution is -2.53. The molecule has 1 spiro atoms. The Balaban J connectivity index is 1.34. The number of alkyl halides is 2. The predicted octanol–water partition coefficient (Wildman–Crippen LogP) is 3.31. The van der Waals surface area contributed by atoms with E-state index in [1.807, 2.05) is 4.90 Å². The van der Waals surface area contributed by atoms with Gasteiger partial charge in [-0.2, -0.15) is 0 Å². The molecule has 2 N–H and O–H groups in total. The fourth-order valence-electron chi connectivity index (χ4n) is 6.16. The summed E-state index contributed by atoms with van der Waals surface area (Å²) in [7, 11) is 1.53. The first-order chi connectivity index (χ1) is 18.6. The van der Waals surface area contributed by atoms with Crippen LogP contribution >= 0.6 is 11.6 Å². The van der Waals surface area contributed by atoms with Crippen LogP contribution in [0.25, 0.3) is 0 Å². The number of benzene rings is 1. The summed E-state index contributed by atoms with van der Waals surface area (Å²) in [5.74, 6) is -3.53. The Kier molecular flexibility index (Phi) is 9.49. The van der Waals surface area contributed by atoms with Crippen LogP contribution in [0, 0.1) is 18.3 Å². The third-order valence-electron chi connectivity index (χ3n) is 8.91. The van der Waals surface area contributed by atoms with E-state index in [-0.39, 0.29) is 36.7 Å². The van der Waals surface area contributed by atoms with Crippen molar-refractivity contribution in [3.63, 3.8) is 0 Å². The third-order valence-corrected chi connectivity index (χ3v) is 9.40. The number of hydrogen-bond donors (Lipinski definition) is 2. The number of amides is 3. The van der Waals surface area contributed by atoms with Gasteiger partial charge in [-0.1, -0.05) is 11.6 Å². The van der Waals surface area contributed by atoms with Gasteiger partial charge in [0.15, 0.2) is 0 Å². The van der Waals surface area contributed by atoms with Gasteiger partial charge in [-0.15, -0.1) is 0 Å². The van der Waals surface area contributed by atoms with Gasteiger partial charge in [-0.3, -0.25) is 14.4 Å². The molecule has 3 fully saturated rings. The number of hydrogen-bond acceptors (Lipinski definition) is 5. The van der Waals surface area contributed by atoms with Crippen molar-refractivity contribution in [3.05, 3.63) is 28.3 Å². The Bertz CT molecular complexity index is 1050. The SMILES string of the molecule is CNC(=O)CCN(C=O)c1cc(C(=O)N2CCC3(CCN(CC4CCNCC4(F)F)CC3)CC2)cc(C)c1Cl. The molecule has 1 unspecified atom stereocenters. The Labute approximate surface area is 234 Å². The van der Waals surface area contributed by atoms with E-state index in [1.165, 1.54) is 11.9 Å². The zero-order valence-electron chi connectivity index (χ0n) is 22.9. The molecule has 39 heavy (non-hydrogen) atoms. The summed E-state index contributed by atoms with van der Waals surface area (Å²) in [4.78, 5) is 42.4. The molecule has 8 nitrogen and oxygen atoms in total. The minimum Gasteiger partial charge on any atom is -0.359 e. The zero-order chi connectivity index (χ0) is 28.2. The fourth-order valence-corrected chi connectivity index (χ4v) is 6.38. The number of likely N-dealkylation sites (tertiary alicyclic amines) is 2. The van der Waals surface area contributed by atoms with Crippen LogP contribution in [0.15, 0.2) is 12.1 Å². The molecule has 0 bridgehead atoms. The maximum absolute atomic E-state index is 14.3. The first-order valence-corrected chi connectivity index (χ1v) is 14.3. The van der Waals surface area contributed by atoms with Crippen molar-refractivity contribution in [2.24, 2.45) is 11.3 Å². The van der Waals surface area contributed by atoms with Gasteiger partial charge in [0.1, 0.15) is 0 Å². The topological polar surface area (TPSA) is 85.0 Å². The lowest BCUT2D eigenvalue weighted by Gasteiger charge is -2.48. The Morgan fingerprint density at radius 1 is 1.18 bits per heavy atom. The average Bonchev–Trinajstić information content (AvgIpc) is 2.93. The van der Waals surface area contributed by atoms with Crippen LogP contribution in [0.3, 0.4) is 0 Å². The van der Waals surface area contributed by atoms with Gasteiger partial charge in [0.05, 0.1) is 17.3 Å². The minimum atomic E-state index is -2.65. The standard InChI is InChI=1S/C28H40ClF2N5O3/c1-20-15-21(16-23(25(20)29)36(19-37)10-4-24(38)32-2)26(39)35-13-7-27(8-14-35)5-11-34(12-6-27)17-22-3-9-33-18-28(22,30)31/h15-16,19,22,33H,3-14,17-18H2,1-2H3,(H,32,38). The molecule has 1 aromatic carbocycles. The van der Waals surface area contributed by atoms with Gasteiger partial charge in [0.2, 0.25) is 12.3 Å². The Morgan fingerprint density at radius 2 is 1.85 bits per heavy atom. The molecule has 3 aliphatic rings. The van der Waals surface area contributed by atoms with Crippen molar-refractivity contribution in [2.45, 2.75) is 51.4 Å². The lowest BCUT2D eigenvalue weighted by molar-refractivity contribution is -0.120. The van der Waals surface area contributed by atoms with Crippen LogP contribution < -0.4 is 15.5 Å². The van der Waals surface area contributed by atoms with Crippen LogP contribution in [-0.2, 0) is 9.59 Å². The van der Waals surface area contributed by atoms with Gasteiger partial charge in [0.25, 0.3) is 11.8 Å². The summed E-state index contributed by atoms with van der Waals surface area (Å²) in [5.41, 5.74) is 1.72. The molecule has 0 saturated carbocycles. The molecular formula is C28H40ClF2N5O3. The molecule has 4 rings (SSSR count). The monoisotopic (exact) mass is 567 g/mol. The molecule has 216 valence electrons. The van der Waals surface area contributed by atoms with E-state index in [9.17, 15) is 23.2 Å². The van der Waals surface area contributed by atoms with Crippen molar-refractivity contribution in [1.29, 1.82) is 0 Å². The quantitative estimate of drug-likeness (QED) is 0.471. The second-order valence-corrected chi connectivity index (χ2v) is 11.7. The highest BCUT2D eigenvalue weighted by Gasteiger charge is 2.44. The maximum atomic E-state index is 14.3. The van der Waals surface area contributed by atoms with E-state index in [0.717, 1.165) is 38.8 Å². The summed E-state index contributed by atoms with van der Waals surface area (Å²) in [5, 5.41) is 5.71. The van der Waals surface area contributed by atoms with Gasteiger partial charge in [-0.05, 0) is 81.8 Å². The molecule has 11 heteroatoms. The number of rotatable bonds is 8. The van der Waals surface area contributed by atoms with Crippen molar-refractivity contribution in [3.8, 4) is 0 Å². The van der Waals surface area contributed by atoms with Crippen molar-refractivity contribution in [1.82, 2.24) is 20.4 Å². The van der Waals surface area contributed by atoms with Crippen LogP contribution in [0.2, 0.25) is 5.02 Å². The molecule has 3 amide bonds. The summed E-state index contributed by atoms with van der Waals surface area (Å²) < 4.78 is 28.6. The Hall–Kier alpha value is -2.30. The number of anilines is 1. The van der Waals surface area contributed by atoms with E-state index in [0.29, 0.717) is 60.8 Å². The summed E-state index contributed by atoms with van der Waals surface area (Å²) >= 11 is 6.49. The molecule has 1 aromatic rings. The van der Waals surface area contributed by atoms with Gasteiger partial charge in [-0.25, -0.2) is 8.78 Å². The predicted molar refractivity (Wildman–Crippen MR) is 147 cm³/mol. The first-order valence-electron chi connectivity index (χ1n) is 13.9. The number of carbonyl (C=O) groups excluding carboxylic acids is 3. The normalized spacial score (nSPS) is 22.9. The molecule has 1 atom stereocenters.